The monoisotopic (exact) mass is 255 g/mol. The van der Waals surface area contributed by atoms with Crippen molar-refractivity contribution < 1.29 is 5.11 Å². The number of rotatable bonds is 4. The van der Waals surface area contributed by atoms with Crippen LogP contribution in [0.25, 0.3) is 0 Å². The number of hydrogen-bond acceptors (Lipinski definition) is 2. The third-order valence-electron chi connectivity index (χ3n) is 3.59. The summed E-state index contributed by atoms with van der Waals surface area (Å²) in [7, 11) is 0. The fraction of sp³-hybridized carbons (Fsp3) is 0.294. The highest BCUT2D eigenvalue weighted by molar-refractivity contribution is 5.52. The number of aliphatic hydroxyl groups is 1. The van der Waals surface area contributed by atoms with E-state index < -0.39 is 0 Å². The second kappa shape index (κ2) is 5.89. The van der Waals surface area contributed by atoms with E-state index >= 15 is 0 Å². The molecule has 2 nitrogen and oxygen atoms in total. The van der Waals surface area contributed by atoms with Crippen LogP contribution in [0.1, 0.15) is 28.3 Å². The molecule has 2 aromatic rings. The van der Waals surface area contributed by atoms with Crippen LogP contribution in [-0.4, -0.2) is 11.7 Å². The zero-order valence-corrected chi connectivity index (χ0v) is 11.8. The first-order chi connectivity index (χ1) is 9.11. The first-order valence-electron chi connectivity index (χ1n) is 6.62. The van der Waals surface area contributed by atoms with Crippen molar-refractivity contribution in [1.82, 2.24) is 0 Å². The van der Waals surface area contributed by atoms with Crippen LogP contribution in [0.2, 0.25) is 0 Å². The number of aliphatic hydroxyl groups excluding tert-OH is 1. The van der Waals surface area contributed by atoms with Crippen molar-refractivity contribution in [2.45, 2.75) is 26.8 Å². The van der Waals surface area contributed by atoms with Gasteiger partial charge >= 0.3 is 0 Å². The van der Waals surface area contributed by atoms with E-state index in [9.17, 15) is 5.11 Å². The number of nitrogens with one attached hydrogen (secondary N) is 1. The highest BCUT2D eigenvalue weighted by Gasteiger charge is 2.11. The fourth-order valence-corrected chi connectivity index (χ4v) is 2.14. The number of hydrogen-bond donors (Lipinski definition) is 2. The quantitative estimate of drug-likeness (QED) is 0.872. The van der Waals surface area contributed by atoms with Gasteiger partial charge in [0.1, 0.15) is 0 Å². The molecule has 2 rings (SSSR count). The van der Waals surface area contributed by atoms with Gasteiger partial charge in [-0.2, -0.15) is 0 Å². The molecule has 19 heavy (non-hydrogen) atoms. The lowest BCUT2D eigenvalue weighted by Crippen LogP contribution is -2.15. The summed E-state index contributed by atoms with van der Waals surface area (Å²) in [6, 6.07) is 14.4. The SMILES string of the molecule is Cc1ccc(C(CO)Nc2ccccc2C)cc1C. The molecule has 1 atom stereocenters. The Labute approximate surface area is 115 Å². The first kappa shape index (κ1) is 13.6. The molecule has 2 N–H and O–H groups in total. The average molecular weight is 255 g/mol. The zero-order chi connectivity index (χ0) is 13.8. The maximum atomic E-state index is 9.63. The molecule has 2 aromatic carbocycles. The van der Waals surface area contributed by atoms with Gasteiger partial charge in [-0.25, -0.2) is 0 Å². The molecular weight excluding hydrogens is 234 g/mol. The Morgan fingerprint density at radius 3 is 2.32 bits per heavy atom. The molecular formula is C17H21NO. The van der Waals surface area contributed by atoms with Crippen molar-refractivity contribution in [3.8, 4) is 0 Å². The second-order valence-electron chi connectivity index (χ2n) is 5.04. The molecule has 0 heterocycles. The Hall–Kier alpha value is -1.80. The predicted molar refractivity (Wildman–Crippen MR) is 80.5 cm³/mol. The van der Waals surface area contributed by atoms with Crippen molar-refractivity contribution >= 4 is 5.69 Å². The van der Waals surface area contributed by atoms with E-state index in [1.807, 2.05) is 18.2 Å². The van der Waals surface area contributed by atoms with Gasteiger partial charge in [-0.3, -0.25) is 0 Å². The summed E-state index contributed by atoms with van der Waals surface area (Å²) >= 11 is 0. The number of benzene rings is 2. The summed E-state index contributed by atoms with van der Waals surface area (Å²) in [6.45, 7) is 6.34. The van der Waals surface area contributed by atoms with Crippen LogP contribution in [0, 0.1) is 20.8 Å². The minimum atomic E-state index is -0.0691. The van der Waals surface area contributed by atoms with Gasteiger partial charge in [-0.15, -0.1) is 0 Å². The van der Waals surface area contributed by atoms with Gasteiger partial charge in [-0.05, 0) is 49.1 Å². The Bertz CT molecular complexity index is 563. The van der Waals surface area contributed by atoms with E-state index in [-0.39, 0.29) is 12.6 Å². The molecule has 100 valence electrons. The summed E-state index contributed by atoms with van der Waals surface area (Å²) in [5, 5.41) is 13.0. The van der Waals surface area contributed by atoms with Gasteiger partial charge in [0, 0.05) is 5.69 Å². The molecule has 0 fully saturated rings. The van der Waals surface area contributed by atoms with Gasteiger partial charge in [0.15, 0.2) is 0 Å². The molecule has 0 radical (unpaired) electrons. The van der Waals surface area contributed by atoms with Crippen molar-refractivity contribution in [3.63, 3.8) is 0 Å². The number of para-hydroxylation sites is 1. The molecule has 0 spiro atoms. The smallest absolute Gasteiger partial charge is 0.0745 e. The number of anilines is 1. The molecule has 2 heteroatoms. The highest BCUT2D eigenvalue weighted by Crippen LogP contribution is 2.23. The summed E-state index contributed by atoms with van der Waals surface area (Å²) in [6.07, 6.45) is 0. The van der Waals surface area contributed by atoms with E-state index in [0.29, 0.717) is 0 Å². The third-order valence-corrected chi connectivity index (χ3v) is 3.59. The zero-order valence-electron chi connectivity index (χ0n) is 11.8. The summed E-state index contributed by atoms with van der Waals surface area (Å²) < 4.78 is 0. The van der Waals surface area contributed by atoms with Gasteiger partial charge < -0.3 is 10.4 Å². The maximum Gasteiger partial charge on any atom is 0.0745 e. The van der Waals surface area contributed by atoms with E-state index in [4.69, 9.17) is 0 Å². The summed E-state index contributed by atoms with van der Waals surface area (Å²) in [5.41, 5.74) is 5.90. The Morgan fingerprint density at radius 1 is 0.947 bits per heavy atom. The highest BCUT2D eigenvalue weighted by atomic mass is 16.3. The molecule has 0 aliphatic rings. The molecule has 1 unspecified atom stereocenters. The molecule has 0 saturated carbocycles. The minimum absolute atomic E-state index is 0.0691. The van der Waals surface area contributed by atoms with E-state index in [0.717, 1.165) is 11.3 Å². The van der Waals surface area contributed by atoms with Crippen molar-refractivity contribution in [1.29, 1.82) is 0 Å². The van der Waals surface area contributed by atoms with E-state index in [1.165, 1.54) is 16.7 Å². The van der Waals surface area contributed by atoms with Crippen LogP contribution >= 0.6 is 0 Å². The third kappa shape index (κ3) is 3.15. The number of aryl methyl sites for hydroxylation is 3. The van der Waals surface area contributed by atoms with Gasteiger partial charge in [0.2, 0.25) is 0 Å². The summed E-state index contributed by atoms with van der Waals surface area (Å²) in [5.74, 6) is 0. The average Bonchev–Trinajstić information content (AvgIpc) is 2.41. The topological polar surface area (TPSA) is 32.3 Å². The van der Waals surface area contributed by atoms with Crippen molar-refractivity contribution in [2.24, 2.45) is 0 Å². The van der Waals surface area contributed by atoms with Crippen LogP contribution in [0.5, 0.6) is 0 Å². The molecule has 0 bridgehead atoms. The fourth-order valence-electron chi connectivity index (χ4n) is 2.14. The molecule has 0 saturated heterocycles. The van der Waals surface area contributed by atoms with Crippen LogP contribution in [0.15, 0.2) is 42.5 Å². The molecule has 0 aromatic heterocycles. The Morgan fingerprint density at radius 2 is 1.68 bits per heavy atom. The Balaban J connectivity index is 2.25. The molecule has 0 amide bonds. The largest absolute Gasteiger partial charge is 0.394 e. The van der Waals surface area contributed by atoms with E-state index in [2.05, 4.69) is 50.4 Å². The van der Waals surface area contributed by atoms with E-state index in [1.54, 1.807) is 0 Å². The Kier molecular flexibility index (Phi) is 4.23. The van der Waals surface area contributed by atoms with Crippen LogP contribution in [-0.2, 0) is 0 Å². The predicted octanol–water partition coefficient (Wildman–Crippen LogP) is 3.76. The minimum Gasteiger partial charge on any atom is -0.394 e. The molecule has 0 aliphatic heterocycles. The maximum absolute atomic E-state index is 9.63. The second-order valence-corrected chi connectivity index (χ2v) is 5.04. The van der Waals surface area contributed by atoms with Gasteiger partial charge in [-0.1, -0.05) is 36.4 Å². The van der Waals surface area contributed by atoms with Gasteiger partial charge in [0.05, 0.1) is 12.6 Å². The lowest BCUT2D eigenvalue weighted by Gasteiger charge is -2.20. The lowest BCUT2D eigenvalue weighted by atomic mass is 10.0. The normalized spacial score (nSPS) is 12.2. The standard InChI is InChI=1S/C17H21NO/c1-12-8-9-15(10-14(12)3)17(11-19)18-16-7-5-4-6-13(16)2/h4-10,17-19H,11H2,1-3H3. The summed E-state index contributed by atoms with van der Waals surface area (Å²) in [4.78, 5) is 0. The van der Waals surface area contributed by atoms with Crippen molar-refractivity contribution in [2.75, 3.05) is 11.9 Å². The van der Waals surface area contributed by atoms with Gasteiger partial charge in [0.25, 0.3) is 0 Å². The lowest BCUT2D eigenvalue weighted by molar-refractivity contribution is 0.276. The van der Waals surface area contributed by atoms with Crippen molar-refractivity contribution in [3.05, 3.63) is 64.7 Å². The van der Waals surface area contributed by atoms with Crippen LogP contribution in [0.4, 0.5) is 5.69 Å². The van der Waals surface area contributed by atoms with Crippen LogP contribution < -0.4 is 5.32 Å². The molecule has 0 aliphatic carbocycles. The first-order valence-corrected chi connectivity index (χ1v) is 6.62. The van der Waals surface area contributed by atoms with Crippen LogP contribution in [0.3, 0.4) is 0 Å².